The number of rotatable bonds is 17. The molecule has 2 aliphatic rings. The lowest BCUT2D eigenvalue weighted by Gasteiger charge is -2.26. The van der Waals surface area contributed by atoms with Gasteiger partial charge in [-0.1, -0.05) is 111 Å². The molecule has 0 aliphatic heterocycles. The molecule has 0 fully saturated rings. The number of aliphatic hydroxyl groups is 1. The fraction of sp³-hybridized carbons (Fsp3) is 0.600. The number of esters is 1. The maximum absolute atomic E-state index is 12.2. The summed E-state index contributed by atoms with van der Waals surface area (Å²) in [6, 6.07) is 11.3. The maximum atomic E-state index is 12.2. The Balaban J connectivity index is 0.000000313. The van der Waals surface area contributed by atoms with Gasteiger partial charge in [-0.2, -0.15) is 0 Å². The van der Waals surface area contributed by atoms with Gasteiger partial charge < -0.3 is 19.7 Å². The molecule has 2 aliphatic carbocycles. The summed E-state index contributed by atoms with van der Waals surface area (Å²) in [5.41, 5.74) is 5.92. The number of aliphatic hydroxyl groups excluding tert-OH is 1. The van der Waals surface area contributed by atoms with Gasteiger partial charge in [0.05, 0.1) is 30.5 Å². The molecule has 51 heavy (non-hydrogen) atoms. The average Bonchev–Trinajstić information content (AvgIpc) is 3.11. The third-order valence-electron chi connectivity index (χ3n) is 9.83. The van der Waals surface area contributed by atoms with Crippen molar-refractivity contribution < 1.29 is 29.3 Å². The van der Waals surface area contributed by atoms with E-state index in [1.165, 1.54) is 55.2 Å². The smallest absolute Gasteiger partial charge is 0.335 e. The van der Waals surface area contributed by atoms with E-state index < -0.39 is 5.97 Å². The van der Waals surface area contributed by atoms with Gasteiger partial charge >= 0.3 is 11.9 Å². The SMILES string of the molecule is C=C(O)c1ccc2c(c1)CCC(C(=O)OCCCCCC(C)C)C2.C=C(OCCCC(C)C)C1CCc2cc(C(=O)O)ccc2C1.CCCCC. The molecular formula is C45H68O6. The van der Waals surface area contributed by atoms with Crippen LogP contribution in [0.4, 0.5) is 0 Å². The molecule has 4 rings (SSSR count). The third-order valence-corrected chi connectivity index (χ3v) is 9.83. The Morgan fingerprint density at radius 1 is 0.686 bits per heavy atom. The highest BCUT2D eigenvalue weighted by atomic mass is 16.5. The van der Waals surface area contributed by atoms with E-state index in [2.05, 4.69) is 54.7 Å². The first-order valence-corrected chi connectivity index (χ1v) is 19.7. The van der Waals surface area contributed by atoms with E-state index in [1.54, 1.807) is 12.1 Å². The van der Waals surface area contributed by atoms with E-state index in [4.69, 9.17) is 14.6 Å². The highest BCUT2D eigenvalue weighted by molar-refractivity contribution is 5.88. The minimum atomic E-state index is -0.859. The summed E-state index contributed by atoms with van der Waals surface area (Å²) in [7, 11) is 0. The van der Waals surface area contributed by atoms with Crippen molar-refractivity contribution in [3.05, 3.63) is 88.7 Å². The van der Waals surface area contributed by atoms with Crippen LogP contribution in [0.15, 0.2) is 55.3 Å². The number of ether oxygens (including phenoxy) is 2. The number of hydrogen-bond donors (Lipinski definition) is 2. The van der Waals surface area contributed by atoms with Gasteiger partial charge in [0.2, 0.25) is 0 Å². The molecule has 0 aromatic heterocycles. The lowest BCUT2D eigenvalue weighted by atomic mass is 9.82. The Morgan fingerprint density at radius 2 is 1.22 bits per heavy atom. The van der Waals surface area contributed by atoms with Gasteiger partial charge in [-0.15, -0.1) is 0 Å². The number of fused-ring (bicyclic) bond motifs is 2. The topological polar surface area (TPSA) is 93.1 Å². The summed E-state index contributed by atoms with van der Waals surface area (Å²) in [4.78, 5) is 23.3. The van der Waals surface area contributed by atoms with Gasteiger partial charge in [0.1, 0.15) is 5.76 Å². The number of aryl methyl sites for hydroxylation is 2. The average molecular weight is 705 g/mol. The van der Waals surface area contributed by atoms with Gasteiger partial charge in [-0.05, 0) is 110 Å². The van der Waals surface area contributed by atoms with Crippen LogP contribution in [0.25, 0.3) is 5.76 Å². The fourth-order valence-corrected chi connectivity index (χ4v) is 6.59. The second-order valence-electron chi connectivity index (χ2n) is 15.2. The first-order chi connectivity index (χ1) is 24.4. The monoisotopic (exact) mass is 705 g/mol. The summed E-state index contributed by atoms with van der Waals surface area (Å²) in [6.45, 7) is 22.3. The highest BCUT2D eigenvalue weighted by Gasteiger charge is 2.26. The minimum Gasteiger partial charge on any atom is -0.508 e. The van der Waals surface area contributed by atoms with E-state index in [1.807, 2.05) is 24.3 Å². The van der Waals surface area contributed by atoms with Crippen molar-refractivity contribution in [3.63, 3.8) is 0 Å². The number of unbranched alkanes of at least 4 members (excludes halogenated alkanes) is 4. The molecule has 2 atom stereocenters. The van der Waals surface area contributed by atoms with Gasteiger partial charge in [-0.25, -0.2) is 4.79 Å². The number of carbonyl (C=O) groups is 2. The molecule has 6 nitrogen and oxygen atoms in total. The third kappa shape index (κ3) is 16.6. The van der Waals surface area contributed by atoms with E-state index in [9.17, 15) is 14.7 Å². The molecule has 0 spiro atoms. The van der Waals surface area contributed by atoms with Crippen LogP contribution in [-0.2, 0) is 40.0 Å². The van der Waals surface area contributed by atoms with Crippen LogP contribution in [0.1, 0.15) is 150 Å². The largest absolute Gasteiger partial charge is 0.508 e. The summed E-state index contributed by atoms with van der Waals surface area (Å²) >= 11 is 0. The van der Waals surface area contributed by atoms with E-state index >= 15 is 0 Å². The molecule has 0 radical (unpaired) electrons. The second kappa shape index (κ2) is 23.8. The molecule has 2 unspecified atom stereocenters. The molecule has 0 saturated heterocycles. The Hall–Kier alpha value is -3.54. The van der Waals surface area contributed by atoms with Crippen LogP contribution in [0, 0.1) is 23.7 Å². The van der Waals surface area contributed by atoms with Crippen LogP contribution in [0.3, 0.4) is 0 Å². The van der Waals surface area contributed by atoms with E-state index in [0.29, 0.717) is 24.0 Å². The molecular weight excluding hydrogens is 636 g/mol. The highest BCUT2D eigenvalue weighted by Crippen LogP contribution is 2.31. The molecule has 2 N–H and O–H groups in total. The Morgan fingerprint density at radius 3 is 1.76 bits per heavy atom. The fourth-order valence-electron chi connectivity index (χ4n) is 6.59. The van der Waals surface area contributed by atoms with Crippen molar-refractivity contribution in [1.29, 1.82) is 0 Å². The van der Waals surface area contributed by atoms with Gasteiger partial charge in [0.15, 0.2) is 0 Å². The normalized spacial score (nSPS) is 16.1. The summed E-state index contributed by atoms with van der Waals surface area (Å²) < 4.78 is 11.3. The number of carboxylic acids is 1. The minimum absolute atomic E-state index is 0.0312. The van der Waals surface area contributed by atoms with Crippen molar-refractivity contribution in [2.45, 2.75) is 138 Å². The summed E-state index contributed by atoms with van der Waals surface area (Å²) in [5, 5.41) is 18.5. The zero-order valence-electron chi connectivity index (χ0n) is 32.7. The number of carbonyl (C=O) groups excluding carboxylic acids is 1. The molecule has 2 aromatic rings. The van der Waals surface area contributed by atoms with Crippen molar-refractivity contribution >= 4 is 17.7 Å². The molecule has 2 aromatic carbocycles. The van der Waals surface area contributed by atoms with Gasteiger partial charge in [0, 0.05) is 11.5 Å². The zero-order chi connectivity index (χ0) is 37.8. The lowest BCUT2D eigenvalue weighted by Crippen LogP contribution is -2.25. The van der Waals surface area contributed by atoms with Crippen molar-refractivity contribution in [2.24, 2.45) is 23.7 Å². The predicted molar refractivity (Wildman–Crippen MR) is 211 cm³/mol. The first-order valence-electron chi connectivity index (χ1n) is 19.7. The summed E-state index contributed by atoms with van der Waals surface area (Å²) in [5.74, 6) is 1.84. The van der Waals surface area contributed by atoms with Gasteiger partial charge in [-0.3, -0.25) is 4.79 Å². The zero-order valence-corrected chi connectivity index (χ0v) is 32.7. The number of aromatic carboxylic acids is 1. The molecule has 0 saturated carbocycles. The number of carboxylic acid groups (broad SMARTS) is 1. The van der Waals surface area contributed by atoms with Crippen LogP contribution in [0.5, 0.6) is 0 Å². The molecule has 6 heteroatoms. The lowest BCUT2D eigenvalue weighted by molar-refractivity contribution is -0.149. The van der Waals surface area contributed by atoms with Crippen LogP contribution >= 0.6 is 0 Å². The molecule has 284 valence electrons. The number of benzene rings is 2. The van der Waals surface area contributed by atoms with Crippen molar-refractivity contribution in [1.82, 2.24) is 0 Å². The Labute approximate surface area is 309 Å². The van der Waals surface area contributed by atoms with Crippen LogP contribution in [-0.4, -0.2) is 35.4 Å². The Kier molecular flexibility index (Phi) is 20.4. The molecule has 0 heterocycles. The van der Waals surface area contributed by atoms with Crippen molar-refractivity contribution in [3.8, 4) is 0 Å². The molecule has 0 amide bonds. The quantitative estimate of drug-likeness (QED) is 0.0967. The van der Waals surface area contributed by atoms with Gasteiger partial charge in [0.25, 0.3) is 0 Å². The molecule has 0 bridgehead atoms. The number of allylic oxidation sites excluding steroid dienone is 1. The predicted octanol–water partition coefficient (Wildman–Crippen LogP) is 11.7. The van der Waals surface area contributed by atoms with E-state index in [-0.39, 0.29) is 17.6 Å². The van der Waals surface area contributed by atoms with Crippen LogP contribution < -0.4 is 0 Å². The van der Waals surface area contributed by atoms with Crippen molar-refractivity contribution in [2.75, 3.05) is 13.2 Å². The first kappa shape index (κ1) is 43.6. The van der Waals surface area contributed by atoms with E-state index in [0.717, 1.165) is 87.2 Å². The standard InChI is InChI=1S/C21H30O3.C19H26O3.C5H12/c1-15(2)7-5-4-6-12-24-21(23)20-11-10-18-13-17(16(3)22)8-9-19(18)14-20;1-13(2)5-4-10-22-14(3)15-6-7-17-12-18(19(20)21)9-8-16(17)11-15;1-3-5-4-2/h8-9,13,15,20,22H,3-7,10-12,14H2,1-2H3;8-9,12-13,15H,3-7,10-11H2,1-2H3,(H,20,21);3-5H2,1-2H3. The second-order valence-corrected chi connectivity index (χ2v) is 15.2. The summed E-state index contributed by atoms with van der Waals surface area (Å²) in [6.07, 6.45) is 16.1. The Bertz CT molecular complexity index is 1370. The van der Waals surface area contributed by atoms with Crippen LogP contribution in [0.2, 0.25) is 0 Å². The number of hydrogen-bond acceptors (Lipinski definition) is 5. The maximum Gasteiger partial charge on any atom is 0.335 e.